The highest BCUT2D eigenvalue weighted by Gasteiger charge is 2.21. The summed E-state index contributed by atoms with van der Waals surface area (Å²) in [6, 6.07) is 22.0. The first-order valence-corrected chi connectivity index (χ1v) is 12.7. The molecule has 0 bridgehead atoms. The van der Waals surface area contributed by atoms with Gasteiger partial charge in [-0.05, 0) is 42.0 Å². The van der Waals surface area contributed by atoms with Crippen LogP contribution in [0.1, 0.15) is 15.9 Å². The lowest BCUT2D eigenvalue weighted by molar-refractivity contribution is 0.0736. The Morgan fingerprint density at radius 3 is 2.53 bits per heavy atom. The number of piperazine rings is 1. The fourth-order valence-corrected chi connectivity index (χ4v) is 5.12. The van der Waals surface area contributed by atoms with Crippen molar-refractivity contribution in [1.29, 1.82) is 0 Å². The zero-order valence-electron chi connectivity index (χ0n) is 20.0. The molecule has 2 heterocycles. The standard InChI is InChI=1S/C28H27FN4O2S/c1-35-26-9-5-2-6-22(26)24-19-36-28(31-24)33(25-8-4-3-7-23(25)29)18-20-10-12-21(13-11-20)27(34)32-16-14-30-15-17-32/h2-13,19,30H,14-18H2,1H3. The highest BCUT2D eigenvalue weighted by molar-refractivity contribution is 7.14. The SMILES string of the molecule is COc1ccccc1-c1csc(N(Cc2ccc(C(=O)N3CCNCC3)cc2)c2ccccc2F)n1. The fraction of sp³-hybridized carbons (Fsp3) is 0.214. The Bertz CT molecular complexity index is 1340. The molecule has 4 aromatic rings. The normalized spacial score (nSPS) is 13.4. The number of amides is 1. The highest BCUT2D eigenvalue weighted by atomic mass is 32.1. The van der Waals surface area contributed by atoms with E-state index in [2.05, 4.69) is 5.32 Å². The molecular weight excluding hydrogens is 475 g/mol. The zero-order valence-corrected chi connectivity index (χ0v) is 20.8. The molecule has 1 amide bonds. The lowest BCUT2D eigenvalue weighted by Crippen LogP contribution is -2.46. The van der Waals surface area contributed by atoms with Gasteiger partial charge in [-0.15, -0.1) is 11.3 Å². The highest BCUT2D eigenvalue weighted by Crippen LogP contribution is 2.37. The molecular formula is C28H27FN4O2S. The number of methoxy groups -OCH3 is 1. The number of para-hydroxylation sites is 2. The van der Waals surface area contributed by atoms with E-state index in [1.54, 1.807) is 19.2 Å². The van der Waals surface area contributed by atoms with Gasteiger partial charge in [-0.25, -0.2) is 9.37 Å². The summed E-state index contributed by atoms with van der Waals surface area (Å²) >= 11 is 1.45. The molecule has 0 unspecified atom stereocenters. The van der Waals surface area contributed by atoms with Gasteiger partial charge in [-0.1, -0.05) is 36.4 Å². The van der Waals surface area contributed by atoms with Crippen molar-refractivity contribution in [2.24, 2.45) is 0 Å². The molecule has 1 aromatic heterocycles. The monoisotopic (exact) mass is 502 g/mol. The molecule has 36 heavy (non-hydrogen) atoms. The van der Waals surface area contributed by atoms with Gasteiger partial charge < -0.3 is 19.9 Å². The number of nitrogens with one attached hydrogen (secondary N) is 1. The number of hydrogen-bond donors (Lipinski definition) is 1. The number of aromatic nitrogens is 1. The van der Waals surface area contributed by atoms with Crippen LogP contribution in [0.2, 0.25) is 0 Å². The molecule has 0 atom stereocenters. The first kappa shape index (κ1) is 24.0. The Kier molecular flexibility index (Phi) is 7.25. The summed E-state index contributed by atoms with van der Waals surface area (Å²) in [6.45, 7) is 3.44. The molecule has 6 nitrogen and oxygen atoms in total. The van der Waals surface area contributed by atoms with E-state index < -0.39 is 0 Å². The summed E-state index contributed by atoms with van der Waals surface area (Å²) in [7, 11) is 1.63. The Morgan fingerprint density at radius 2 is 1.78 bits per heavy atom. The van der Waals surface area contributed by atoms with Crippen LogP contribution in [0.15, 0.2) is 78.2 Å². The van der Waals surface area contributed by atoms with Crippen LogP contribution in [-0.4, -0.2) is 49.1 Å². The number of rotatable bonds is 7. The third-order valence-electron chi connectivity index (χ3n) is 6.19. The molecule has 1 fully saturated rings. The van der Waals surface area contributed by atoms with Gasteiger partial charge in [0.1, 0.15) is 11.6 Å². The largest absolute Gasteiger partial charge is 0.496 e. The number of thiazole rings is 1. The summed E-state index contributed by atoms with van der Waals surface area (Å²) in [5.74, 6) is 0.448. The van der Waals surface area contributed by atoms with Gasteiger partial charge in [-0.2, -0.15) is 0 Å². The van der Waals surface area contributed by atoms with Gasteiger partial charge in [0.2, 0.25) is 0 Å². The van der Waals surface area contributed by atoms with Crippen LogP contribution in [0, 0.1) is 5.82 Å². The molecule has 8 heteroatoms. The van der Waals surface area contributed by atoms with Crippen molar-refractivity contribution >= 4 is 28.1 Å². The maximum Gasteiger partial charge on any atom is 0.253 e. The Labute approximate surface area is 214 Å². The molecule has 0 aliphatic carbocycles. The molecule has 0 saturated carbocycles. The van der Waals surface area contributed by atoms with Crippen molar-refractivity contribution in [3.05, 3.63) is 95.1 Å². The van der Waals surface area contributed by atoms with Gasteiger partial charge >= 0.3 is 0 Å². The van der Waals surface area contributed by atoms with Crippen LogP contribution in [-0.2, 0) is 6.54 Å². The Balaban J connectivity index is 1.43. The van der Waals surface area contributed by atoms with Crippen LogP contribution >= 0.6 is 11.3 Å². The lowest BCUT2D eigenvalue weighted by Gasteiger charge is -2.27. The van der Waals surface area contributed by atoms with Gasteiger partial charge in [0.05, 0.1) is 25.0 Å². The minimum absolute atomic E-state index is 0.0374. The van der Waals surface area contributed by atoms with Crippen molar-refractivity contribution in [1.82, 2.24) is 15.2 Å². The summed E-state index contributed by atoms with van der Waals surface area (Å²) in [5, 5.41) is 5.89. The molecule has 5 rings (SSSR count). The van der Waals surface area contributed by atoms with Crippen LogP contribution in [0.3, 0.4) is 0 Å². The van der Waals surface area contributed by atoms with E-state index in [4.69, 9.17) is 9.72 Å². The smallest absolute Gasteiger partial charge is 0.253 e. The maximum atomic E-state index is 14.9. The van der Waals surface area contributed by atoms with E-state index in [0.717, 1.165) is 35.7 Å². The molecule has 1 aliphatic rings. The van der Waals surface area contributed by atoms with Crippen molar-refractivity contribution in [3.63, 3.8) is 0 Å². The van der Waals surface area contributed by atoms with Crippen molar-refractivity contribution < 1.29 is 13.9 Å². The summed E-state index contributed by atoms with van der Waals surface area (Å²) in [6.07, 6.45) is 0. The topological polar surface area (TPSA) is 57.7 Å². The quantitative estimate of drug-likeness (QED) is 0.370. The van der Waals surface area contributed by atoms with E-state index in [9.17, 15) is 9.18 Å². The number of halogens is 1. The predicted octanol–water partition coefficient (Wildman–Crippen LogP) is 5.34. The van der Waals surface area contributed by atoms with Crippen molar-refractivity contribution in [2.45, 2.75) is 6.54 Å². The predicted molar refractivity (Wildman–Crippen MR) is 142 cm³/mol. The van der Waals surface area contributed by atoms with Gasteiger partial charge in [-0.3, -0.25) is 4.79 Å². The molecule has 0 spiro atoms. The number of carbonyl (C=O) groups is 1. The van der Waals surface area contributed by atoms with Crippen LogP contribution in [0.5, 0.6) is 5.75 Å². The van der Waals surface area contributed by atoms with Crippen LogP contribution in [0.4, 0.5) is 15.2 Å². The molecule has 3 aromatic carbocycles. The third kappa shape index (κ3) is 5.10. The average Bonchev–Trinajstić information content (AvgIpc) is 3.42. The van der Waals surface area contributed by atoms with E-state index >= 15 is 0 Å². The molecule has 0 radical (unpaired) electrons. The van der Waals surface area contributed by atoms with E-state index in [1.807, 2.05) is 69.8 Å². The molecule has 1 saturated heterocycles. The van der Waals surface area contributed by atoms with Gasteiger partial charge in [0.15, 0.2) is 5.13 Å². The molecule has 1 N–H and O–H groups in total. The maximum absolute atomic E-state index is 14.9. The van der Waals surface area contributed by atoms with Crippen molar-refractivity contribution in [2.75, 3.05) is 38.2 Å². The van der Waals surface area contributed by atoms with E-state index in [-0.39, 0.29) is 11.7 Å². The second-order valence-corrected chi connectivity index (χ2v) is 9.33. The number of nitrogens with zero attached hydrogens (tertiary/aromatic N) is 3. The Hall–Kier alpha value is -3.75. The summed E-state index contributed by atoms with van der Waals surface area (Å²) in [5.41, 5.74) is 3.70. The van der Waals surface area contributed by atoms with E-state index in [0.29, 0.717) is 36.0 Å². The van der Waals surface area contributed by atoms with Gasteiger partial charge in [0.25, 0.3) is 5.91 Å². The number of anilines is 2. The average molecular weight is 503 g/mol. The molecule has 1 aliphatic heterocycles. The summed E-state index contributed by atoms with van der Waals surface area (Å²) in [4.78, 5) is 21.4. The Morgan fingerprint density at radius 1 is 1.06 bits per heavy atom. The number of hydrogen-bond acceptors (Lipinski definition) is 6. The second-order valence-electron chi connectivity index (χ2n) is 8.49. The fourth-order valence-electron chi connectivity index (χ4n) is 4.28. The van der Waals surface area contributed by atoms with E-state index in [1.165, 1.54) is 17.4 Å². The minimum atomic E-state index is -0.322. The minimum Gasteiger partial charge on any atom is -0.496 e. The molecule has 184 valence electrons. The number of benzene rings is 3. The lowest BCUT2D eigenvalue weighted by atomic mass is 10.1. The zero-order chi connectivity index (χ0) is 24.9. The first-order valence-electron chi connectivity index (χ1n) is 11.8. The third-order valence-corrected chi connectivity index (χ3v) is 7.06. The van der Waals surface area contributed by atoms with Crippen LogP contribution in [0.25, 0.3) is 11.3 Å². The van der Waals surface area contributed by atoms with Crippen molar-refractivity contribution in [3.8, 4) is 17.0 Å². The number of carbonyl (C=O) groups excluding carboxylic acids is 1. The van der Waals surface area contributed by atoms with Gasteiger partial charge in [0, 0.05) is 42.7 Å². The number of ether oxygens (including phenoxy) is 1. The van der Waals surface area contributed by atoms with Crippen LogP contribution < -0.4 is 15.0 Å². The summed E-state index contributed by atoms with van der Waals surface area (Å²) < 4.78 is 20.4. The first-order chi connectivity index (χ1) is 17.6. The second kappa shape index (κ2) is 10.9.